The normalized spacial score (nSPS) is 10.5. The van der Waals surface area contributed by atoms with E-state index in [1.807, 2.05) is 55.5 Å². The number of amides is 2. The van der Waals surface area contributed by atoms with E-state index in [2.05, 4.69) is 10.6 Å². The Hall–Kier alpha value is -2.75. The molecular weight excluding hydrogens is 276 g/mol. The minimum Gasteiger partial charge on any atom is -0.496 e. The largest absolute Gasteiger partial charge is 0.496 e. The highest BCUT2D eigenvalue weighted by Gasteiger charge is 1.99. The predicted octanol–water partition coefficient (Wildman–Crippen LogP) is 3.47. The van der Waals surface area contributed by atoms with Gasteiger partial charge in [-0.05, 0) is 24.6 Å². The summed E-state index contributed by atoms with van der Waals surface area (Å²) < 4.78 is 5.24. The summed E-state index contributed by atoms with van der Waals surface area (Å²) in [4.78, 5) is 11.7. The van der Waals surface area contributed by atoms with Crippen molar-refractivity contribution in [1.29, 1.82) is 0 Å². The Labute approximate surface area is 130 Å². The van der Waals surface area contributed by atoms with Crippen LogP contribution in [-0.4, -0.2) is 13.1 Å². The second-order valence-electron chi connectivity index (χ2n) is 4.89. The van der Waals surface area contributed by atoms with E-state index in [4.69, 9.17) is 4.74 Å². The first-order valence-electron chi connectivity index (χ1n) is 7.08. The molecule has 0 bridgehead atoms. The monoisotopic (exact) mass is 296 g/mol. The third kappa shape index (κ3) is 4.66. The van der Waals surface area contributed by atoms with Crippen LogP contribution >= 0.6 is 0 Å². The first kappa shape index (κ1) is 15.6. The highest BCUT2D eigenvalue weighted by molar-refractivity contribution is 5.76. The molecular formula is C18H20N2O2. The lowest BCUT2D eigenvalue weighted by Gasteiger charge is -2.06. The number of para-hydroxylation sites is 1. The Balaban J connectivity index is 1.83. The quantitative estimate of drug-likeness (QED) is 0.887. The number of carbonyl (C=O) groups is 1. The van der Waals surface area contributed by atoms with Gasteiger partial charge in [0.25, 0.3) is 0 Å². The Morgan fingerprint density at radius 1 is 1.18 bits per heavy atom. The summed E-state index contributed by atoms with van der Waals surface area (Å²) in [6.45, 7) is 2.52. The average molecular weight is 296 g/mol. The molecule has 22 heavy (non-hydrogen) atoms. The van der Waals surface area contributed by atoms with E-state index in [1.165, 1.54) is 5.56 Å². The van der Waals surface area contributed by atoms with Crippen molar-refractivity contribution < 1.29 is 9.53 Å². The lowest BCUT2D eigenvalue weighted by Crippen LogP contribution is -2.31. The number of urea groups is 1. The van der Waals surface area contributed by atoms with Gasteiger partial charge in [0.15, 0.2) is 0 Å². The Morgan fingerprint density at radius 3 is 2.77 bits per heavy atom. The van der Waals surface area contributed by atoms with Crippen LogP contribution in [0.3, 0.4) is 0 Å². The number of hydrogen-bond donors (Lipinski definition) is 2. The van der Waals surface area contributed by atoms with Gasteiger partial charge in [0.1, 0.15) is 5.75 Å². The van der Waals surface area contributed by atoms with Crippen molar-refractivity contribution in [3.63, 3.8) is 0 Å². The molecule has 2 rings (SSSR count). The van der Waals surface area contributed by atoms with Gasteiger partial charge in [0, 0.05) is 18.3 Å². The van der Waals surface area contributed by atoms with Crippen LogP contribution in [0, 0.1) is 6.92 Å². The molecule has 0 unspecified atom stereocenters. The van der Waals surface area contributed by atoms with Crippen LogP contribution in [0.15, 0.2) is 54.7 Å². The van der Waals surface area contributed by atoms with Crippen LogP contribution in [0.5, 0.6) is 5.75 Å². The Kier molecular flexibility index (Phi) is 5.60. The van der Waals surface area contributed by atoms with E-state index < -0.39 is 0 Å². The fraction of sp³-hybridized carbons (Fsp3) is 0.167. The second kappa shape index (κ2) is 7.88. The molecule has 0 radical (unpaired) electrons. The van der Waals surface area contributed by atoms with Crippen molar-refractivity contribution in [2.75, 3.05) is 7.11 Å². The van der Waals surface area contributed by atoms with Crippen LogP contribution in [0.1, 0.15) is 16.7 Å². The maximum Gasteiger partial charge on any atom is 0.319 e. The van der Waals surface area contributed by atoms with E-state index >= 15 is 0 Å². The molecule has 114 valence electrons. The van der Waals surface area contributed by atoms with Crippen molar-refractivity contribution in [2.24, 2.45) is 0 Å². The topological polar surface area (TPSA) is 50.4 Å². The summed E-state index contributed by atoms with van der Waals surface area (Å²) in [6.07, 6.45) is 3.40. The molecule has 0 aliphatic rings. The van der Waals surface area contributed by atoms with Gasteiger partial charge in [0.2, 0.25) is 0 Å². The van der Waals surface area contributed by atoms with Crippen molar-refractivity contribution in [2.45, 2.75) is 13.5 Å². The molecule has 0 atom stereocenters. The highest BCUT2D eigenvalue weighted by Crippen LogP contribution is 2.18. The Bertz CT molecular complexity index is 666. The molecule has 0 spiro atoms. The zero-order valence-electron chi connectivity index (χ0n) is 12.8. The highest BCUT2D eigenvalue weighted by atomic mass is 16.5. The molecule has 4 heteroatoms. The van der Waals surface area contributed by atoms with E-state index in [0.29, 0.717) is 6.54 Å². The molecule has 0 heterocycles. The summed E-state index contributed by atoms with van der Waals surface area (Å²) in [5, 5.41) is 5.49. The minimum atomic E-state index is -0.243. The van der Waals surface area contributed by atoms with E-state index in [0.717, 1.165) is 16.9 Å². The summed E-state index contributed by atoms with van der Waals surface area (Å²) in [5.74, 6) is 0.765. The van der Waals surface area contributed by atoms with Gasteiger partial charge in [-0.1, -0.05) is 48.0 Å². The molecule has 0 aliphatic heterocycles. The van der Waals surface area contributed by atoms with Crippen LogP contribution < -0.4 is 15.4 Å². The zero-order valence-corrected chi connectivity index (χ0v) is 12.8. The molecule has 2 amide bonds. The smallest absolute Gasteiger partial charge is 0.319 e. The summed E-state index contributed by atoms with van der Waals surface area (Å²) >= 11 is 0. The summed E-state index contributed by atoms with van der Waals surface area (Å²) in [6, 6.07) is 15.4. The number of ether oxygens (including phenoxy) is 1. The number of hydrogen-bond acceptors (Lipinski definition) is 2. The standard InChI is InChI=1S/C18H20N2O2/c1-14-6-5-7-15(12-14)13-20-18(21)19-11-10-16-8-3-4-9-17(16)22-2/h3-12H,13H2,1-2H3,(H2,19,20,21)/b11-10+. The van der Waals surface area contributed by atoms with E-state index in [-0.39, 0.29) is 6.03 Å². The summed E-state index contributed by atoms with van der Waals surface area (Å²) in [7, 11) is 1.62. The van der Waals surface area contributed by atoms with Gasteiger partial charge in [-0.15, -0.1) is 0 Å². The third-order valence-corrected chi connectivity index (χ3v) is 3.15. The number of nitrogens with one attached hydrogen (secondary N) is 2. The molecule has 2 aromatic carbocycles. The van der Waals surface area contributed by atoms with Crippen LogP contribution in [-0.2, 0) is 6.54 Å². The maximum absolute atomic E-state index is 11.7. The molecule has 0 aliphatic carbocycles. The van der Waals surface area contributed by atoms with Gasteiger partial charge in [-0.3, -0.25) is 0 Å². The van der Waals surface area contributed by atoms with Gasteiger partial charge in [-0.2, -0.15) is 0 Å². The number of benzene rings is 2. The average Bonchev–Trinajstić information content (AvgIpc) is 2.53. The second-order valence-corrected chi connectivity index (χ2v) is 4.89. The molecule has 0 saturated heterocycles. The predicted molar refractivity (Wildman–Crippen MR) is 88.6 cm³/mol. The lowest BCUT2D eigenvalue weighted by molar-refractivity contribution is 0.244. The SMILES string of the molecule is COc1ccccc1/C=C/NC(=O)NCc1cccc(C)c1. The van der Waals surface area contributed by atoms with Gasteiger partial charge in [-0.25, -0.2) is 4.79 Å². The zero-order chi connectivity index (χ0) is 15.8. The van der Waals surface area contributed by atoms with Crippen molar-refractivity contribution in [3.8, 4) is 5.75 Å². The van der Waals surface area contributed by atoms with Crippen molar-refractivity contribution in [1.82, 2.24) is 10.6 Å². The first-order valence-corrected chi connectivity index (χ1v) is 7.08. The summed E-state index contributed by atoms with van der Waals surface area (Å²) in [5.41, 5.74) is 3.16. The van der Waals surface area contributed by atoms with E-state index in [9.17, 15) is 4.79 Å². The molecule has 0 saturated carbocycles. The van der Waals surface area contributed by atoms with Crippen LogP contribution in [0.4, 0.5) is 4.79 Å². The molecule has 4 nitrogen and oxygen atoms in total. The number of aryl methyl sites for hydroxylation is 1. The molecule has 2 aromatic rings. The van der Waals surface area contributed by atoms with Crippen LogP contribution in [0.25, 0.3) is 6.08 Å². The lowest BCUT2D eigenvalue weighted by atomic mass is 10.1. The van der Waals surface area contributed by atoms with Crippen LogP contribution in [0.2, 0.25) is 0 Å². The fourth-order valence-corrected chi connectivity index (χ4v) is 2.07. The molecule has 2 N–H and O–H groups in total. The van der Waals surface area contributed by atoms with Gasteiger partial charge in [0.05, 0.1) is 7.11 Å². The van der Waals surface area contributed by atoms with Gasteiger partial charge < -0.3 is 15.4 Å². The third-order valence-electron chi connectivity index (χ3n) is 3.15. The maximum atomic E-state index is 11.7. The van der Waals surface area contributed by atoms with Gasteiger partial charge >= 0.3 is 6.03 Å². The minimum absolute atomic E-state index is 0.243. The fourth-order valence-electron chi connectivity index (χ4n) is 2.07. The first-order chi connectivity index (χ1) is 10.7. The molecule has 0 fully saturated rings. The number of carbonyl (C=O) groups excluding carboxylic acids is 1. The van der Waals surface area contributed by atoms with Crippen molar-refractivity contribution in [3.05, 3.63) is 71.4 Å². The number of methoxy groups -OCH3 is 1. The molecule has 0 aromatic heterocycles. The number of rotatable bonds is 5. The van der Waals surface area contributed by atoms with Crippen molar-refractivity contribution >= 4 is 12.1 Å². The Morgan fingerprint density at radius 2 is 2.00 bits per heavy atom. The van der Waals surface area contributed by atoms with E-state index in [1.54, 1.807) is 19.4 Å².